The first-order chi connectivity index (χ1) is 13.0. The lowest BCUT2D eigenvalue weighted by Crippen LogP contribution is -2.46. The number of guanidine groups is 1. The Hall–Kier alpha value is -1.82. The molecule has 1 saturated heterocycles. The van der Waals surface area contributed by atoms with Gasteiger partial charge in [0.2, 0.25) is 0 Å². The summed E-state index contributed by atoms with van der Waals surface area (Å²) in [5.41, 5.74) is 0. The van der Waals surface area contributed by atoms with Gasteiger partial charge in [-0.05, 0) is 65.1 Å². The molecule has 1 aromatic carbocycles. The number of benzene rings is 1. The van der Waals surface area contributed by atoms with Crippen LogP contribution in [0.15, 0.2) is 29.3 Å². The Bertz CT molecular complexity index is 593. The van der Waals surface area contributed by atoms with Gasteiger partial charge in [-0.2, -0.15) is 0 Å². The van der Waals surface area contributed by atoms with Gasteiger partial charge in [-0.15, -0.1) is 0 Å². The molecule has 1 fully saturated rings. The van der Waals surface area contributed by atoms with Gasteiger partial charge in [0, 0.05) is 25.7 Å². The molecule has 2 unspecified atom stereocenters. The SMILES string of the molecule is CCNC(=NCC(C)Oc1ccccc1F)NCC1CCCN(C(C)C)C1. The number of halogens is 1. The van der Waals surface area contributed by atoms with Crippen LogP contribution in [-0.4, -0.2) is 55.7 Å². The summed E-state index contributed by atoms with van der Waals surface area (Å²) in [4.78, 5) is 7.16. The van der Waals surface area contributed by atoms with Gasteiger partial charge in [-0.3, -0.25) is 0 Å². The molecule has 0 aliphatic carbocycles. The van der Waals surface area contributed by atoms with Crippen LogP contribution in [0.5, 0.6) is 5.75 Å². The molecule has 152 valence electrons. The molecule has 0 aromatic heterocycles. The maximum Gasteiger partial charge on any atom is 0.191 e. The van der Waals surface area contributed by atoms with Crippen LogP contribution < -0.4 is 15.4 Å². The maximum atomic E-state index is 13.7. The molecule has 2 rings (SSSR count). The van der Waals surface area contributed by atoms with Gasteiger partial charge in [0.25, 0.3) is 0 Å². The van der Waals surface area contributed by atoms with E-state index in [1.54, 1.807) is 18.2 Å². The van der Waals surface area contributed by atoms with Crippen molar-refractivity contribution in [3.63, 3.8) is 0 Å². The number of ether oxygens (including phenoxy) is 1. The van der Waals surface area contributed by atoms with Crippen molar-refractivity contribution < 1.29 is 9.13 Å². The van der Waals surface area contributed by atoms with Crippen molar-refractivity contribution in [3.8, 4) is 5.75 Å². The van der Waals surface area contributed by atoms with Crippen molar-refractivity contribution in [1.82, 2.24) is 15.5 Å². The fourth-order valence-electron chi connectivity index (χ4n) is 3.33. The van der Waals surface area contributed by atoms with Gasteiger partial charge in [-0.25, -0.2) is 9.38 Å². The van der Waals surface area contributed by atoms with Gasteiger partial charge in [0.15, 0.2) is 17.5 Å². The smallest absolute Gasteiger partial charge is 0.191 e. The van der Waals surface area contributed by atoms with Crippen molar-refractivity contribution in [1.29, 1.82) is 0 Å². The van der Waals surface area contributed by atoms with Crippen molar-refractivity contribution in [3.05, 3.63) is 30.1 Å². The highest BCUT2D eigenvalue weighted by atomic mass is 19.1. The highest BCUT2D eigenvalue weighted by Crippen LogP contribution is 2.18. The highest BCUT2D eigenvalue weighted by molar-refractivity contribution is 5.79. The number of piperidine rings is 1. The molecular formula is C21H35FN4O. The lowest BCUT2D eigenvalue weighted by Gasteiger charge is -2.35. The minimum absolute atomic E-state index is 0.205. The van der Waals surface area contributed by atoms with E-state index in [9.17, 15) is 4.39 Å². The number of likely N-dealkylation sites (tertiary alicyclic amines) is 1. The zero-order chi connectivity index (χ0) is 19.6. The molecule has 1 aliphatic heterocycles. The standard InChI is InChI=1S/C21H35FN4O/c1-5-23-21(25-14-18-9-8-12-26(15-18)16(2)3)24-13-17(4)27-20-11-7-6-10-19(20)22/h6-7,10-11,16-18H,5,8-9,12-15H2,1-4H3,(H2,23,24,25). The molecule has 2 N–H and O–H groups in total. The average Bonchev–Trinajstić information content (AvgIpc) is 2.66. The number of nitrogens with zero attached hydrogens (tertiary/aromatic N) is 2. The summed E-state index contributed by atoms with van der Waals surface area (Å²) >= 11 is 0. The van der Waals surface area contributed by atoms with Crippen LogP contribution in [0.3, 0.4) is 0 Å². The molecule has 1 aromatic rings. The first kappa shape index (κ1) is 21.5. The average molecular weight is 379 g/mol. The summed E-state index contributed by atoms with van der Waals surface area (Å²) in [5.74, 6) is 1.36. The van der Waals surface area contributed by atoms with E-state index in [2.05, 4.69) is 41.3 Å². The van der Waals surface area contributed by atoms with E-state index in [1.165, 1.54) is 25.5 Å². The molecule has 1 heterocycles. The maximum absolute atomic E-state index is 13.7. The number of nitrogens with one attached hydrogen (secondary N) is 2. The highest BCUT2D eigenvalue weighted by Gasteiger charge is 2.21. The van der Waals surface area contributed by atoms with E-state index in [4.69, 9.17) is 4.74 Å². The number of hydrogen-bond donors (Lipinski definition) is 2. The van der Waals surface area contributed by atoms with E-state index >= 15 is 0 Å². The van der Waals surface area contributed by atoms with E-state index in [1.807, 2.05) is 6.92 Å². The summed E-state index contributed by atoms with van der Waals surface area (Å²) in [6, 6.07) is 7.07. The first-order valence-corrected chi connectivity index (χ1v) is 10.2. The molecule has 2 atom stereocenters. The summed E-state index contributed by atoms with van der Waals surface area (Å²) in [6.45, 7) is 13.0. The van der Waals surface area contributed by atoms with Crippen molar-refractivity contribution in [2.75, 3.05) is 32.7 Å². The molecule has 1 aliphatic rings. The zero-order valence-corrected chi connectivity index (χ0v) is 17.2. The molecule has 0 bridgehead atoms. The van der Waals surface area contributed by atoms with Crippen LogP contribution in [0.4, 0.5) is 4.39 Å². The molecule has 6 heteroatoms. The Morgan fingerprint density at radius 2 is 2.07 bits per heavy atom. The fraction of sp³-hybridized carbons (Fsp3) is 0.667. The van der Waals surface area contributed by atoms with Crippen molar-refractivity contribution in [2.45, 2.75) is 52.7 Å². The quantitative estimate of drug-likeness (QED) is 0.538. The van der Waals surface area contributed by atoms with Crippen LogP contribution >= 0.6 is 0 Å². The third kappa shape index (κ3) is 7.37. The third-order valence-electron chi connectivity index (χ3n) is 4.85. The lowest BCUT2D eigenvalue weighted by atomic mass is 9.97. The molecular weight excluding hydrogens is 343 g/mol. The molecule has 0 amide bonds. The van der Waals surface area contributed by atoms with E-state index in [0.717, 1.165) is 25.6 Å². The van der Waals surface area contributed by atoms with E-state index < -0.39 is 0 Å². The Morgan fingerprint density at radius 1 is 1.30 bits per heavy atom. The minimum Gasteiger partial charge on any atom is -0.486 e. The second-order valence-electron chi connectivity index (χ2n) is 7.56. The summed E-state index contributed by atoms with van der Waals surface area (Å²) in [7, 11) is 0. The largest absolute Gasteiger partial charge is 0.486 e. The van der Waals surface area contributed by atoms with Crippen LogP contribution in [0.25, 0.3) is 0 Å². The zero-order valence-electron chi connectivity index (χ0n) is 17.2. The summed E-state index contributed by atoms with van der Waals surface area (Å²) in [6.07, 6.45) is 2.30. The Kier molecular flexibility index (Phi) is 8.85. The fourth-order valence-corrected chi connectivity index (χ4v) is 3.33. The Labute approximate surface area is 163 Å². The second-order valence-corrected chi connectivity index (χ2v) is 7.56. The van der Waals surface area contributed by atoms with Gasteiger partial charge < -0.3 is 20.3 Å². The summed E-state index contributed by atoms with van der Waals surface area (Å²) < 4.78 is 19.4. The van der Waals surface area contributed by atoms with Crippen molar-refractivity contribution in [2.24, 2.45) is 10.9 Å². The third-order valence-corrected chi connectivity index (χ3v) is 4.85. The molecule has 5 nitrogen and oxygen atoms in total. The van der Waals surface area contributed by atoms with E-state index in [-0.39, 0.29) is 17.7 Å². The molecule has 0 spiro atoms. The van der Waals surface area contributed by atoms with Crippen LogP contribution in [0, 0.1) is 11.7 Å². The van der Waals surface area contributed by atoms with Gasteiger partial charge in [-0.1, -0.05) is 12.1 Å². The van der Waals surface area contributed by atoms with E-state index in [0.29, 0.717) is 18.5 Å². The van der Waals surface area contributed by atoms with Gasteiger partial charge in [0.1, 0.15) is 6.10 Å². The Balaban J connectivity index is 1.83. The molecule has 27 heavy (non-hydrogen) atoms. The number of para-hydroxylation sites is 1. The first-order valence-electron chi connectivity index (χ1n) is 10.2. The lowest BCUT2D eigenvalue weighted by molar-refractivity contribution is 0.141. The number of rotatable bonds is 8. The normalized spacial score (nSPS) is 19.8. The minimum atomic E-state index is -0.342. The van der Waals surface area contributed by atoms with Crippen molar-refractivity contribution >= 4 is 5.96 Å². The number of hydrogen-bond acceptors (Lipinski definition) is 3. The van der Waals surface area contributed by atoms with Crippen LogP contribution in [-0.2, 0) is 0 Å². The predicted octanol–water partition coefficient (Wildman–Crippen LogP) is 3.27. The Morgan fingerprint density at radius 3 is 2.78 bits per heavy atom. The van der Waals surface area contributed by atoms with Gasteiger partial charge >= 0.3 is 0 Å². The summed E-state index contributed by atoms with van der Waals surface area (Å²) in [5, 5.41) is 6.75. The predicted molar refractivity (Wildman–Crippen MR) is 110 cm³/mol. The molecule has 0 saturated carbocycles. The van der Waals surface area contributed by atoms with Gasteiger partial charge in [0.05, 0.1) is 6.54 Å². The second kappa shape index (κ2) is 11.1. The molecule has 0 radical (unpaired) electrons. The topological polar surface area (TPSA) is 48.9 Å². The monoisotopic (exact) mass is 378 g/mol. The van der Waals surface area contributed by atoms with Crippen LogP contribution in [0.2, 0.25) is 0 Å². The number of aliphatic imine (C=N–C) groups is 1. The van der Waals surface area contributed by atoms with Crippen LogP contribution in [0.1, 0.15) is 40.5 Å².